The van der Waals surface area contributed by atoms with E-state index >= 15 is 0 Å². The molecule has 2 aromatic carbocycles. The van der Waals surface area contributed by atoms with Gasteiger partial charge in [0.05, 0.1) is 21.4 Å². The van der Waals surface area contributed by atoms with Crippen LogP contribution in [-0.4, -0.2) is 59.8 Å². The standard InChI is InChI=1S/C23H26N4O7S/c1-15-8-4-5-11-19(15)35(33,34)25(3)12-7-13-26-21(17-9-6-10-18(14-17)27(31)32)20(22(28)29)16(2)24-23(26)30/h4-6,8-11,14,21H,7,12-13H2,1-3H3,(H,24,30)(H,28,29). The first-order valence-corrected chi connectivity index (χ1v) is 12.2. The molecule has 1 heterocycles. The Hall–Kier alpha value is -3.77. The molecule has 0 aliphatic carbocycles. The zero-order valence-corrected chi connectivity index (χ0v) is 20.3. The number of aryl methyl sites for hydroxylation is 1. The highest BCUT2D eigenvalue weighted by atomic mass is 32.2. The molecule has 12 heteroatoms. The molecule has 186 valence electrons. The predicted octanol–water partition coefficient (Wildman–Crippen LogP) is 3.04. The van der Waals surface area contributed by atoms with E-state index in [1.807, 2.05) is 0 Å². The lowest BCUT2D eigenvalue weighted by Crippen LogP contribution is -2.49. The molecule has 0 fully saturated rings. The Morgan fingerprint density at radius 3 is 2.51 bits per heavy atom. The van der Waals surface area contributed by atoms with Crippen LogP contribution in [0, 0.1) is 17.0 Å². The van der Waals surface area contributed by atoms with E-state index in [1.54, 1.807) is 25.1 Å². The Bertz CT molecular complexity index is 1310. The van der Waals surface area contributed by atoms with E-state index in [0.717, 1.165) is 0 Å². The Labute approximate surface area is 202 Å². The normalized spacial score (nSPS) is 16.4. The molecular weight excluding hydrogens is 476 g/mol. The van der Waals surface area contributed by atoms with Crippen LogP contribution in [0.15, 0.2) is 64.7 Å². The van der Waals surface area contributed by atoms with Gasteiger partial charge in [0, 0.05) is 38.0 Å². The number of sulfonamides is 1. The van der Waals surface area contributed by atoms with Crippen molar-refractivity contribution in [3.8, 4) is 0 Å². The van der Waals surface area contributed by atoms with E-state index in [4.69, 9.17) is 0 Å². The van der Waals surface area contributed by atoms with Gasteiger partial charge in [-0.15, -0.1) is 0 Å². The molecule has 1 aliphatic rings. The number of hydrogen-bond acceptors (Lipinski definition) is 6. The van der Waals surface area contributed by atoms with Crippen molar-refractivity contribution >= 4 is 27.7 Å². The molecule has 2 amide bonds. The van der Waals surface area contributed by atoms with Gasteiger partial charge in [0.2, 0.25) is 10.0 Å². The fraction of sp³-hybridized carbons (Fsp3) is 0.304. The molecule has 2 N–H and O–H groups in total. The summed E-state index contributed by atoms with van der Waals surface area (Å²) in [5.74, 6) is -1.27. The molecule has 1 atom stereocenters. The molecule has 11 nitrogen and oxygen atoms in total. The number of nitrogens with one attached hydrogen (secondary N) is 1. The Morgan fingerprint density at radius 2 is 1.89 bits per heavy atom. The Balaban J connectivity index is 1.87. The number of carbonyl (C=O) groups excluding carboxylic acids is 1. The summed E-state index contributed by atoms with van der Waals surface area (Å²) >= 11 is 0. The fourth-order valence-electron chi connectivity index (χ4n) is 4.04. The van der Waals surface area contributed by atoms with Crippen molar-refractivity contribution in [2.45, 2.75) is 31.2 Å². The number of carboxylic acids is 1. The van der Waals surface area contributed by atoms with Gasteiger partial charge in [0.1, 0.15) is 0 Å². The van der Waals surface area contributed by atoms with E-state index < -0.39 is 33.0 Å². The number of carboxylic acid groups (broad SMARTS) is 1. The van der Waals surface area contributed by atoms with Crippen molar-refractivity contribution in [1.29, 1.82) is 0 Å². The highest BCUT2D eigenvalue weighted by Crippen LogP contribution is 2.35. The number of allylic oxidation sites excluding steroid dienone is 1. The maximum Gasteiger partial charge on any atom is 0.335 e. The van der Waals surface area contributed by atoms with Gasteiger partial charge in [0.25, 0.3) is 5.69 Å². The fourth-order valence-corrected chi connectivity index (χ4v) is 5.47. The first-order valence-electron chi connectivity index (χ1n) is 10.7. The highest BCUT2D eigenvalue weighted by Gasteiger charge is 2.38. The van der Waals surface area contributed by atoms with Crippen LogP contribution in [0.1, 0.15) is 30.5 Å². The molecule has 35 heavy (non-hydrogen) atoms. The molecule has 2 aromatic rings. The van der Waals surface area contributed by atoms with Gasteiger partial charge in [-0.1, -0.05) is 30.3 Å². The highest BCUT2D eigenvalue weighted by molar-refractivity contribution is 7.89. The number of urea groups is 1. The van der Waals surface area contributed by atoms with Crippen molar-refractivity contribution in [3.63, 3.8) is 0 Å². The second-order valence-corrected chi connectivity index (χ2v) is 10.2. The van der Waals surface area contributed by atoms with Gasteiger partial charge in [-0.3, -0.25) is 10.1 Å². The van der Waals surface area contributed by atoms with Crippen molar-refractivity contribution < 1.29 is 28.0 Å². The molecule has 0 radical (unpaired) electrons. The van der Waals surface area contributed by atoms with Crippen molar-refractivity contribution in [1.82, 2.24) is 14.5 Å². The number of non-ortho nitro benzene ring substituents is 1. The summed E-state index contributed by atoms with van der Waals surface area (Å²) in [6, 6.07) is 10.4. The summed E-state index contributed by atoms with van der Waals surface area (Å²) in [6.45, 7) is 3.22. The zero-order valence-electron chi connectivity index (χ0n) is 19.5. The number of nitro groups is 1. The van der Waals surface area contributed by atoms with Crippen LogP contribution in [0.3, 0.4) is 0 Å². The quantitative estimate of drug-likeness (QED) is 0.395. The lowest BCUT2D eigenvalue weighted by Gasteiger charge is -2.37. The largest absolute Gasteiger partial charge is 0.478 e. The van der Waals surface area contributed by atoms with E-state index in [1.165, 1.54) is 53.5 Å². The minimum absolute atomic E-state index is 0.0108. The molecule has 1 aliphatic heterocycles. The van der Waals surface area contributed by atoms with Gasteiger partial charge in [-0.05, 0) is 37.5 Å². The lowest BCUT2D eigenvalue weighted by molar-refractivity contribution is -0.384. The molecule has 3 rings (SSSR count). The van der Waals surface area contributed by atoms with Crippen LogP contribution < -0.4 is 5.32 Å². The predicted molar refractivity (Wildman–Crippen MR) is 127 cm³/mol. The summed E-state index contributed by atoms with van der Waals surface area (Å²) in [6.07, 6.45) is 0.201. The van der Waals surface area contributed by atoms with Crippen LogP contribution >= 0.6 is 0 Å². The number of benzene rings is 2. The second kappa shape index (κ2) is 10.2. The average molecular weight is 503 g/mol. The van der Waals surface area contributed by atoms with Crippen molar-refractivity contribution in [3.05, 3.63) is 81.0 Å². The van der Waals surface area contributed by atoms with E-state index in [2.05, 4.69) is 5.32 Å². The smallest absolute Gasteiger partial charge is 0.335 e. The molecule has 0 saturated heterocycles. The topological polar surface area (TPSA) is 150 Å². The first kappa shape index (κ1) is 25.8. The Kier molecular flexibility index (Phi) is 7.56. The van der Waals surface area contributed by atoms with E-state index in [9.17, 15) is 33.2 Å². The van der Waals surface area contributed by atoms with Gasteiger partial charge in [-0.25, -0.2) is 22.3 Å². The van der Waals surface area contributed by atoms with Crippen LogP contribution in [0.2, 0.25) is 0 Å². The van der Waals surface area contributed by atoms with Gasteiger partial charge in [-0.2, -0.15) is 0 Å². The SMILES string of the molecule is CC1=C(C(=O)O)C(c2cccc([N+](=O)[O-])c2)N(CCCN(C)S(=O)(=O)c2ccccc2C)C(=O)N1. The lowest BCUT2D eigenvalue weighted by atomic mass is 9.93. The molecule has 0 aromatic heterocycles. The number of nitro benzene ring substituents is 1. The molecular formula is C23H26N4O7S. The zero-order chi connectivity index (χ0) is 25.9. The minimum atomic E-state index is -3.76. The third kappa shape index (κ3) is 5.33. The second-order valence-electron chi connectivity index (χ2n) is 8.17. The Morgan fingerprint density at radius 1 is 1.20 bits per heavy atom. The summed E-state index contributed by atoms with van der Waals surface area (Å²) in [7, 11) is -2.33. The van der Waals surface area contributed by atoms with Gasteiger partial charge < -0.3 is 15.3 Å². The third-order valence-electron chi connectivity index (χ3n) is 5.83. The van der Waals surface area contributed by atoms with Gasteiger partial charge in [0.15, 0.2) is 0 Å². The van der Waals surface area contributed by atoms with Gasteiger partial charge >= 0.3 is 12.0 Å². The van der Waals surface area contributed by atoms with Crippen LogP contribution in [0.5, 0.6) is 0 Å². The minimum Gasteiger partial charge on any atom is -0.478 e. The molecule has 0 spiro atoms. The number of carbonyl (C=O) groups is 2. The van der Waals surface area contributed by atoms with Crippen LogP contribution in [-0.2, 0) is 14.8 Å². The number of nitrogens with zero attached hydrogens (tertiary/aromatic N) is 3. The third-order valence-corrected chi connectivity index (χ3v) is 7.84. The van der Waals surface area contributed by atoms with Crippen molar-refractivity contribution in [2.75, 3.05) is 20.1 Å². The summed E-state index contributed by atoms with van der Waals surface area (Å²) in [4.78, 5) is 37.0. The molecule has 1 unspecified atom stereocenters. The summed E-state index contributed by atoms with van der Waals surface area (Å²) in [5.41, 5.74) is 0.652. The molecule has 0 bridgehead atoms. The number of aliphatic carboxylic acids is 1. The average Bonchev–Trinajstić information content (AvgIpc) is 2.79. The number of amides is 2. The maximum absolute atomic E-state index is 13.0. The summed E-state index contributed by atoms with van der Waals surface area (Å²) < 4.78 is 27.1. The van der Waals surface area contributed by atoms with E-state index in [0.29, 0.717) is 5.56 Å². The van der Waals surface area contributed by atoms with Crippen LogP contribution in [0.25, 0.3) is 0 Å². The maximum atomic E-state index is 13.0. The summed E-state index contributed by atoms with van der Waals surface area (Å²) in [5, 5.41) is 23.6. The van der Waals surface area contributed by atoms with Crippen molar-refractivity contribution in [2.24, 2.45) is 0 Å². The molecule has 0 saturated carbocycles. The number of rotatable bonds is 9. The first-order chi connectivity index (χ1) is 16.4. The van der Waals surface area contributed by atoms with Crippen LogP contribution in [0.4, 0.5) is 10.5 Å². The monoisotopic (exact) mass is 502 g/mol. The van der Waals surface area contributed by atoms with E-state index in [-0.39, 0.29) is 46.9 Å². The number of hydrogen-bond donors (Lipinski definition) is 2.